The van der Waals surface area contributed by atoms with E-state index in [0.29, 0.717) is 17.1 Å². The molecule has 2 aromatic rings. The number of carbonyl (C=O) groups is 1. The van der Waals surface area contributed by atoms with Crippen LogP contribution in [0.4, 0.5) is 11.4 Å². The Kier molecular flexibility index (Phi) is 4.17. The number of aryl methyl sites for hydroxylation is 1. The van der Waals surface area contributed by atoms with Gasteiger partial charge >= 0.3 is 0 Å². The zero-order valence-electron chi connectivity index (χ0n) is 11.5. The lowest BCUT2D eigenvalue weighted by atomic mass is 10.1. The molecule has 0 aliphatic carbocycles. The van der Waals surface area contributed by atoms with E-state index in [4.69, 9.17) is 4.52 Å². The van der Waals surface area contributed by atoms with Gasteiger partial charge in [-0.2, -0.15) is 0 Å². The number of anilines is 1. The van der Waals surface area contributed by atoms with E-state index in [1.807, 2.05) is 0 Å². The largest absolute Gasteiger partial charge is 0.387 e. The highest BCUT2D eigenvalue weighted by Gasteiger charge is 2.16. The number of amides is 1. The monoisotopic (exact) mass is 290 g/mol. The van der Waals surface area contributed by atoms with Gasteiger partial charge in [0.25, 0.3) is 11.6 Å². The standard InChI is InChI=1S/C13H14N4O4/c1-8-5-9(16-21-8)7-15-13(18)11-6-10(17(19)20)3-4-12(11)14-2/h3-6,14H,7H2,1-2H3,(H,15,18). The molecule has 0 radical (unpaired) electrons. The molecular formula is C13H14N4O4. The molecule has 0 aliphatic heterocycles. The van der Waals surface area contributed by atoms with E-state index in [9.17, 15) is 14.9 Å². The van der Waals surface area contributed by atoms with Gasteiger partial charge in [-0.3, -0.25) is 14.9 Å². The van der Waals surface area contributed by atoms with Crippen LogP contribution in [0.3, 0.4) is 0 Å². The van der Waals surface area contributed by atoms with E-state index in [1.54, 1.807) is 20.0 Å². The maximum Gasteiger partial charge on any atom is 0.270 e. The minimum atomic E-state index is -0.544. The first-order chi connectivity index (χ1) is 10.0. The fourth-order valence-electron chi connectivity index (χ4n) is 1.82. The third-order valence-corrected chi connectivity index (χ3v) is 2.83. The van der Waals surface area contributed by atoms with Crippen LogP contribution in [0, 0.1) is 17.0 Å². The van der Waals surface area contributed by atoms with Crippen molar-refractivity contribution >= 4 is 17.3 Å². The molecular weight excluding hydrogens is 276 g/mol. The predicted molar refractivity (Wildman–Crippen MR) is 75.1 cm³/mol. The zero-order chi connectivity index (χ0) is 15.4. The van der Waals surface area contributed by atoms with Crippen molar-refractivity contribution < 1.29 is 14.2 Å². The molecule has 2 rings (SSSR count). The van der Waals surface area contributed by atoms with Crippen molar-refractivity contribution in [2.45, 2.75) is 13.5 Å². The van der Waals surface area contributed by atoms with Crippen LogP contribution in [-0.2, 0) is 6.54 Å². The van der Waals surface area contributed by atoms with E-state index in [1.165, 1.54) is 18.2 Å². The van der Waals surface area contributed by atoms with Gasteiger partial charge in [0.2, 0.25) is 0 Å². The number of non-ortho nitro benzene ring substituents is 1. The van der Waals surface area contributed by atoms with Crippen LogP contribution in [-0.4, -0.2) is 23.0 Å². The molecule has 2 N–H and O–H groups in total. The molecule has 110 valence electrons. The Morgan fingerprint density at radius 2 is 2.19 bits per heavy atom. The van der Waals surface area contributed by atoms with E-state index >= 15 is 0 Å². The Morgan fingerprint density at radius 3 is 2.76 bits per heavy atom. The molecule has 21 heavy (non-hydrogen) atoms. The molecule has 0 saturated carbocycles. The van der Waals surface area contributed by atoms with Gasteiger partial charge < -0.3 is 15.2 Å². The lowest BCUT2D eigenvalue weighted by Crippen LogP contribution is -2.24. The molecule has 1 aromatic carbocycles. The quantitative estimate of drug-likeness (QED) is 0.642. The summed E-state index contributed by atoms with van der Waals surface area (Å²) in [4.78, 5) is 22.4. The van der Waals surface area contributed by atoms with Crippen LogP contribution in [0.5, 0.6) is 0 Å². The van der Waals surface area contributed by atoms with Crippen molar-refractivity contribution in [3.63, 3.8) is 0 Å². The Hall–Kier alpha value is -2.90. The van der Waals surface area contributed by atoms with Crippen molar-refractivity contribution in [1.29, 1.82) is 0 Å². The smallest absolute Gasteiger partial charge is 0.270 e. The first-order valence-corrected chi connectivity index (χ1v) is 6.18. The number of benzene rings is 1. The van der Waals surface area contributed by atoms with Crippen LogP contribution in [0.1, 0.15) is 21.8 Å². The third-order valence-electron chi connectivity index (χ3n) is 2.83. The molecule has 1 aromatic heterocycles. The van der Waals surface area contributed by atoms with Gasteiger partial charge in [-0.15, -0.1) is 0 Å². The first kappa shape index (κ1) is 14.5. The molecule has 0 saturated heterocycles. The number of rotatable bonds is 5. The van der Waals surface area contributed by atoms with Crippen LogP contribution in [0.2, 0.25) is 0 Å². The predicted octanol–water partition coefficient (Wildman–Crippen LogP) is 1.86. The highest BCUT2D eigenvalue weighted by atomic mass is 16.6. The summed E-state index contributed by atoms with van der Waals surface area (Å²) in [5.74, 6) is 0.217. The summed E-state index contributed by atoms with van der Waals surface area (Å²) in [6.07, 6.45) is 0. The molecule has 0 atom stereocenters. The number of hydrogen-bond donors (Lipinski definition) is 2. The molecule has 0 unspecified atom stereocenters. The molecule has 1 amide bonds. The van der Waals surface area contributed by atoms with Gasteiger partial charge in [0.1, 0.15) is 11.5 Å². The fraction of sp³-hybridized carbons (Fsp3) is 0.231. The molecule has 8 nitrogen and oxygen atoms in total. The normalized spacial score (nSPS) is 10.2. The Labute approximate surface area is 120 Å². The number of aromatic nitrogens is 1. The lowest BCUT2D eigenvalue weighted by Gasteiger charge is -2.08. The fourth-order valence-corrected chi connectivity index (χ4v) is 1.82. The van der Waals surface area contributed by atoms with Gasteiger partial charge in [0, 0.05) is 30.9 Å². The molecule has 0 fully saturated rings. The number of hydrogen-bond acceptors (Lipinski definition) is 6. The summed E-state index contributed by atoms with van der Waals surface area (Å²) < 4.78 is 4.90. The second kappa shape index (κ2) is 6.04. The maximum atomic E-state index is 12.1. The summed E-state index contributed by atoms with van der Waals surface area (Å²) >= 11 is 0. The maximum absolute atomic E-state index is 12.1. The van der Waals surface area contributed by atoms with Gasteiger partial charge in [-0.25, -0.2) is 0 Å². The molecule has 8 heteroatoms. The summed E-state index contributed by atoms with van der Waals surface area (Å²) in [5, 5.41) is 20.0. The number of carbonyl (C=O) groups excluding carboxylic acids is 1. The summed E-state index contributed by atoms with van der Waals surface area (Å²) in [5.41, 5.74) is 1.15. The second-order valence-electron chi connectivity index (χ2n) is 4.35. The second-order valence-corrected chi connectivity index (χ2v) is 4.35. The van der Waals surface area contributed by atoms with Crippen molar-refractivity contribution in [3.05, 3.63) is 51.4 Å². The molecule has 0 bridgehead atoms. The summed E-state index contributed by atoms with van der Waals surface area (Å²) in [6.45, 7) is 1.93. The van der Waals surface area contributed by atoms with Gasteiger partial charge in [0.15, 0.2) is 0 Å². The van der Waals surface area contributed by atoms with Gasteiger partial charge in [0.05, 0.1) is 17.0 Å². The van der Waals surface area contributed by atoms with E-state index < -0.39 is 10.8 Å². The number of nitrogens with one attached hydrogen (secondary N) is 2. The SMILES string of the molecule is CNc1ccc([N+](=O)[O-])cc1C(=O)NCc1cc(C)on1. The van der Waals surface area contributed by atoms with Crippen LogP contribution in [0.15, 0.2) is 28.8 Å². The topological polar surface area (TPSA) is 110 Å². The van der Waals surface area contributed by atoms with Crippen molar-refractivity contribution in [2.24, 2.45) is 0 Å². The number of nitrogens with zero attached hydrogens (tertiary/aromatic N) is 2. The number of nitro groups is 1. The van der Waals surface area contributed by atoms with E-state index in [0.717, 1.165) is 0 Å². The summed E-state index contributed by atoms with van der Waals surface area (Å²) in [7, 11) is 1.64. The average Bonchev–Trinajstić information content (AvgIpc) is 2.89. The Bertz CT molecular complexity index is 681. The van der Waals surface area contributed by atoms with Gasteiger partial charge in [-0.1, -0.05) is 5.16 Å². The lowest BCUT2D eigenvalue weighted by molar-refractivity contribution is -0.384. The van der Waals surface area contributed by atoms with Gasteiger partial charge in [-0.05, 0) is 13.0 Å². The van der Waals surface area contributed by atoms with Crippen LogP contribution in [0.25, 0.3) is 0 Å². The van der Waals surface area contributed by atoms with Crippen molar-refractivity contribution in [2.75, 3.05) is 12.4 Å². The molecule has 0 aliphatic rings. The van der Waals surface area contributed by atoms with Crippen LogP contribution < -0.4 is 10.6 Å². The minimum Gasteiger partial charge on any atom is -0.387 e. The summed E-state index contributed by atoms with van der Waals surface area (Å²) in [6, 6.07) is 5.76. The zero-order valence-corrected chi connectivity index (χ0v) is 11.5. The van der Waals surface area contributed by atoms with Crippen molar-refractivity contribution in [1.82, 2.24) is 10.5 Å². The molecule has 1 heterocycles. The Balaban J connectivity index is 2.17. The number of nitro benzene ring substituents is 1. The Morgan fingerprint density at radius 1 is 1.43 bits per heavy atom. The average molecular weight is 290 g/mol. The van der Waals surface area contributed by atoms with Crippen molar-refractivity contribution in [3.8, 4) is 0 Å². The highest BCUT2D eigenvalue weighted by molar-refractivity contribution is 6.00. The third kappa shape index (κ3) is 3.35. The highest BCUT2D eigenvalue weighted by Crippen LogP contribution is 2.21. The van der Waals surface area contributed by atoms with E-state index in [2.05, 4.69) is 15.8 Å². The van der Waals surface area contributed by atoms with Crippen LogP contribution >= 0.6 is 0 Å². The van der Waals surface area contributed by atoms with E-state index in [-0.39, 0.29) is 17.8 Å². The first-order valence-electron chi connectivity index (χ1n) is 6.18. The molecule has 0 spiro atoms. The minimum absolute atomic E-state index is 0.142.